The van der Waals surface area contributed by atoms with E-state index in [0.717, 1.165) is 0 Å². The number of hydrogen-bond acceptors (Lipinski definition) is 2. The summed E-state index contributed by atoms with van der Waals surface area (Å²) in [7, 11) is 0. The molecule has 0 aromatic rings. The average Bonchev–Trinajstić information content (AvgIpc) is 2.16. The molecule has 0 bridgehead atoms. The molecule has 1 aliphatic carbocycles. The van der Waals surface area contributed by atoms with Crippen molar-refractivity contribution in [3.05, 3.63) is 0 Å². The SMILES string of the molecule is CC(C)OOC(C)(C)C1CCCCC1. The van der Waals surface area contributed by atoms with Crippen LogP contribution >= 0.6 is 0 Å². The maximum absolute atomic E-state index is 5.53. The van der Waals surface area contributed by atoms with E-state index < -0.39 is 0 Å². The van der Waals surface area contributed by atoms with Gasteiger partial charge in [-0.05, 0) is 46.5 Å². The topological polar surface area (TPSA) is 18.5 Å². The molecule has 0 saturated heterocycles. The lowest BCUT2D eigenvalue weighted by molar-refractivity contribution is -0.383. The first-order chi connectivity index (χ1) is 6.52. The zero-order chi connectivity index (χ0) is 10.6. The van der Waals surface area contributed by atoms with E-state index in [1.54, 1.807) is 0 Å². The second kappa shape index (κ2) is 5.13. The molecule has 0 spiro atoms. The quantitative estimate of drug-likeness (QED) is 0.509. The summed E-state index contributed by atoms with van der Waals surface area (Å²) in [6.07, 6.45) is 6.80. The van der Waals surface area contributed by atoms with Gasteiger partial charge in [0.25, 0.3) is 0 Å². The van der Waals surface area contributed by atoms with Crippen LogP contribution in [0.4, 0.5) is 0 Å². The van der Waals surface area contributed by atoms with Gasteiger partial charge in [0.15, 0.2) is 0 Å². The van der Waals surface area contributed by atoms with Crippen LogP contribution in [0.2, 0.25) is 0 Å². The molecule has 0 amide bonds. The molecule has 0 unspecified atom stereocenters. The van der Waals surface area contributed by atoms with Crippen molar-refractivity contribution < 1.29 is 9.78 Å². The second-order valence-corrected chi connectivity index (χ2v) is 5.17. The molecule has 0 aromatic heterocycles. The Morgan fingerprint density at radius 2 is 1.64 bits per heavy atom. The van der Waals surface area contributed by atoms with Crippen LogP contribution < -0.4 is 0 Å². The van der Waals surface area contributed by atoms with Gasteiger partial charge >= 0.3 is 0 Å². The predicted octanol–water partition coefficient (Wildman–Crippen LogP) is 3.70. The minimum Gasteiger partial charge on any atom is -0.233 e. The van der Waals surface area contributed by atoms with Crippen LogP contribution in [0.1, 0.15) is 59.8 Å². The Bertz CT molecular complexity index is 158. The Labute approximate surface area is 87.9 Å². The Kier molecular flexibility index (Phi) is 4.39. The van der Waals surface area contributed by atoms with E-state index in [1.807, 2.05) is 13.8 Å². The van der Waals surface area contributed by atoms with Gasteiger partial charge in [-0.3, -0.25) is 0 Å². The first-order valence-electron chi connectivity index (χ1n) is 5.87. The van der Waals surface area contributed by atoms with Crippen molar-refractivity contribution in [2.24, 2.45) is 5.92 Å². The fraction of sp³-hybridized carbons (Fsp3) is 1.00. The third-order valence-electron chi connectivity index (χ3n) is 3.04. The molecule has 14 heavy (non-hydrogen) atoms. The van der Waals surface area contributed by atoms with Crippen LogP contribution in [0.5, 0.6) is 0 Å². The largest absolute Gasteiger partial charge is 0.233 e. The maximum atomic E-state index is 5.53. The zero-order valence-electron chi connectivity index (χ0n) is 10.0. The number of hydrogen-bond donors (Lipinski definition) is 0. The zero-order valence-corrected chi connectivity index (χ0v) is 10.0. The van der Waals surface area contributed by atoms with E-state index in [0.29, 0.717) is 5.92 Å². The van der Waals surface area contributed by atoms with Crippen molar-refractivity contribution in [2.75, 3.05) is 0 Å². The molecule has 0 radical (unpaired) electrons. The van der Waals surface area contributed by atoms with E-state index in [9.17, 15) is 0 Å². The molecule has 0 aliphatic heterocycles. The molecule has 2 heteroatoms. The van der Waals surface area contributed by atoms with Gasteiger partial charge in [-0.1, -0.05) is 19.3 Å². The summed E-state index contributed by atoms with van der Waals surface area (Å²) in [6.45, 7) is 8.28. The monoisotopic (exact) mass is 200 g/mol. The highest BCUT2D eigenvalue weighted by atomic mass is 17.2. The summed E-state index contributed by atoms with van der Waals surface area (Å²) in [6, 6.07) is 0. The van der Waals surface area contributed by atoms with Gasteiger partial charge < -0.3 is 0 Å². The molecule has 0 atom stereocenters. The van der Waals surface area contributed by atoms with Gasteiger partial charge in [-0.15, -0.1) is 0 Å². The molecule has 1 rings (SSSR count). The highest BCUT2D eigenvalue weighted by molar-refractivity contribution is 4.81. The van der Waals surface area contributed by atoms with Crippen LogP contribution in [0.15, 0.2) is 0 Å². The van der Waals surface area contributed by atoms with Crippen molar-refractivity contribution in [1.29, 1.82) is 0 Å². The van der Waals surface area contributed by atoms with Crippen LogP contribution in [0.3, 0.4) is 0 Å². The molecule has 1 aliphatic rings. The lowest BCUT2D eigenvalue weighted by atomic mass is 9.79. The molecule has 0 N–H and O–H groups in total. The van der Waals surface area contributed by atoms with Gasteiger partial charge in [-0.2, -0.15) is 0 Å². The Hall–Kier alpha value is -0.0800. The second-order valence-electron chi connectivity index (χ2n) is 5.17. The van der Waals surface area contributed by atoms with E-state index in [-0.39, 0.29) is 11.7 Å². The Morgan fingerprint density at radius 3 is 2.14 bits per heavy atom. The lowest BCUT2D eigenvalue weighted by Crippen LogP contribution is -2.36. The van der Waals surface area contributed by atoms with Gasteiger partial charge in [0, 0.05) is 0 Å². The first-order valence-corrected chi connectivity index (χ1v) is 5.87. The molecular weight excluding hydrogens is 176 g/mol. The molecule has 2 nitrogen and oxygen atoms in total. The Morgan fingerprint density at radius 1 is 1.07 bits per heavy atom. The van der Waals surface area contributed by atoms with Crippen molar-refractivity contribution in [3.8, 4) is 0 Å². The lowest BCUT2D eigenvalue weighted by Gasteiger charge is -2.35. The van der Waals surface area contributed by atoms with E-state index >= 15 is 0 Å². The van der Waals surface area contributed by atoms with Crippen molar-refractivity contribution in [1.82, 2.24) is 0 Å². The third-order valence-corrected chi connectivity index (χ3v) is 3.04. The summed E-state index contributed by atoms with van der Waals surface area (Å²) < 4.78 is 0. The molecule has 1 fully saturated rings. The minimum atomic E-state index is -0.120. The van der Waals surface area contributed by atoms with Gasteiger partial charge in [0.1, 0.15) is 5.60 Å². The van der Waals surface area contributed by atoms with Crippen LogP contribution in [0, 0.1) is 5.92 Å². The third kappa shape index (κ3) is 3.58. The van der Waals surface area contributed by atoms with Crippen molar-refractivity contribution >= 4 is 0 Å². The van der Waals surface area contributed by atoms with E-state index in [1.165, 1.54) is 32.1 Å². The van der Waals surface area contributed by atoms with Gasteiger partial charge in [0.2, 0.25) is 0 Å². The standard InChI is InChI=1S/C12H24O2/c1-10(2)13-14-12(3,4)11-8-6-5-7-9-11/h10-11H,5-9H2,1-4H3. The molecule has 0 aromatic carbocycles. The van der Waals surface area contributed by atoms with Crippen molar-refractivity contribution in [3.63, 3.8) is 0 Å². The molecule has 1 saturated carbocycles. The fourth-order valence-electron chi connectivity index (χ4n) is 2.09. The normalized spacial score (nSPS) is 20.4. The fourth-order valence-corrected chi connectivity index (χ4v) is 2.09. The summed E-state index contributed by atoms with van der Waals surface area (Å²) in [5, 5.41) is 0. The Balaban J connectivity index is 2.37. The van der Waals surface area contributed by atoms with E-state index in [2.05, 4.69) is 13.8 Å². The van der Waals surface area contributed by atoms with Gasteiger partial charge in [-0.25, -0.2) is 9.78 Å². The predicted molar refractivity (Wildman–Crippen MR) is 58.0 cm³/mol. The summed E-state index contributed by atoms with van der Waals surface area (Å²) in [5.41, 5.74) is -0.120. The summed E-state index contributed by atoms with van der Waals surface area (Å²) in [4.78, 5) is 10.8. The van der Waals surface area contributed by atoms with Crippen molar-refractivity contribution in [2.45, 2.75) is 71.5 Å². The average molecular weight is 200 g/mol. The number of rotatable bonds is 4. The van der Waals surface area contributed by atoms with Gasteiger partial charge in [0.05, 0.1) is 6.10 Å². The first kappa shape index (κ1) is 12.0. The van der Waals surface area contributed by atoms with Crippen LogP contribution in [-0.4, -0.2) is 11.7 Å². The minimum absolute atomic E-state index is 0.120. The maximum Gasteiger partial charge on any atom is 0.101 e. The molecule has 84 valence electrons. The van der Waals surface area contributed by atoms with Crippen LogP contribution in [0.25, 0.3) is 0 Å². The van der Waals surface area contributed by atoms with E-state index in [4.69, 9.17) is 9.78 Å². The highest BCUT2D eigenvalue weighted by Gasteiger charge is 2.32. The highest BCUT2D eigenvalue weighted by Crippen LogP contribution is 2.34. The summed E-state index contributed by atoms with van der Waals surface area (Å²) in [5.74, 6) is 0.662. The molecule has 0 heterocycles. The smallest absolute Gasteiger partial charge is 0.101 e. The summed E-state index contributed by atoms with van der Waals surface area (Å²) >= 11 is 0. The molecular formula is C12H24O2. The van der Waals surface area contributed by atoms with Crippen LogP contribution in [-0.2, 0) is 9.78 Å².